The lowest BCUT2D eigenvalue weighted by molar-refractivity contribution is -0.142. The van der Waals surface area contributed by atoms with E-state index in [-0.39, 0.29) is 37.4 Å². The van der Waals surface area contributed by atoms with Crippen molar-refractivity contribution in [2.45, 2.75) is 76.5 Å². The lowest BCUT2D eigenvalue weighted by Crippen LogP contribution is -2.57. The molecule has 0 saturated carbocycles. The summed E-state index contributed by atoms with van der Waals surface area (Å²) in [6.45, 7) is 4.09. The van der Waals surface area contributed by atoms with Gasteiger partial charge in [-0.15, -0.1) is 0 Å². The monoisotopic (exact) mass is 608 g/mol. The van der Waals surface area contributed by atoms with Gasteiger partial charge in [-0.2, -0.15) is 0 Å². The number of aliphatic carboxylic acids is 1. The summed E-state index contributed by atoms with van der Waals surface area (Å²) in [6.07, 6.45) is 3.69. The first-order chi connectivity index (χ1) is 21.0. The van der Waals surface area contributed by atoms with Crippen LogP contribution < -0.4 is 27.4 Å². The highest BCUT2D eigenvalue weighted by Crippen LogP contribution is 2.19. The number of H-pyrrole nitrogens is 1. The van der Waals surface area contributed by atoms with Crippen LogP contribution in [0.3, 0.4) is 0 Å². The van der Waals surface area contributed by atoms with Crippen LogP contribution in [0.1, 0.15) is 50.7 Å². The van der Waals surface area contributed by atoms with E-state index in [4.69, 9.17) is 11.5 Å². The first kappa shape index (κ1) is 34.1. The number of hydrogen-bond donors (Lipinski definition) is 8. The lowest BCUT2D eigenvalue weighted by Gasteiger charge is -2.26. The smallest absolute Gasteiger partial charge is 0.326 e. The Morgan fingerprint density at radius 3 is 2.14 bits per heavy atom. The van der Waals surface area contributed by atoms with Crippen LogP contribution in [0.5, 0.6) is 5.75 Å². The summed E-state index contributed by atoms with van der Waals surface area (Å²) in [4.78, 5) is 55.2. The number of carbonyl (C=O) groups excluding carboxylic acids is 3. The van der Waals surface area contributed by atoms with E-state index in [1.165, 1.54) is 12.1 Å². The lowest BCUT2D eigenvalue weighted by atomic mass is 10.0. The van der Waals surface area contributed by atoms with Crippen LogP contribution in [0.2, 0.25) is 0 Å². The van der Waals surface area contributed by atoms with Crippen LogP contribution in [0.4, 0.5) is 0 Å². The second-order valence-corrected chi connectivity index (χ2v) is 11.5. The van der Waals surface area contributed by atoms with Crippen LogP contribution in [0, 0.1) is 5.92 Å². The highest BCUT2D eigenvalue weighted by Gasteiger charge is 2.31. The molecule has 0 fully saturated rings. The van der Waals surface area contributed by atoms with E-state index in [1.54, 1.807) is 18.3 Å². The number of amides is 3. The second-order valence-electron chi connectivity index (χ2n) is 11.5. The largest absolute Gasteiger partial charge is 0.508 e. The molecule has 0 aliphatic carbocycles. The zero-order valence-corrected chi connectivity index (χ0v) is 25.2. The number of nitrogens with two attached hydrogens (primary N) is 2. The zero-order valence-electron chi connectivity index (χ0n) is 25.2. The van der Waals surface area contributed by atoms with E-state index in [0.717, 1.165) is 16.5 Å². The molecule has 1 aromatic heterocycles. The maximum Gasteiger partial charge on any atom is 0.326 e. The standard InChI is InChI=1S/C32H44N6O6/c1-19(2)15-28(32(43)44)38-31(42)27(16-20-10-12-22(39)13-11-20)37-30(41)26(9-5-6-14-33)36-29(40)24(34)17-21-18-35-25-8-4-3-7-23(21)25/h3-4,7-8,10-13,18-19,24,26-28,35,39H,5-6,9,14-17,33-34H2,1-2H3,(H,36,40)(H,37,41)(H,38,42)(H,43,44). The molecule has 2 aromatic carbocycles. The van der Waals surface area contributed by atoms with Crippen molar-refractivity contribution < 1.29 is 29.4 Å². The molecule has 1 heterocycles. The van der Waals surface area contributed by atoms with Crippen molar-refractivity contribution in [1.82, 2.24) is 20.9 Å². The van der Waals surface area contributed by atoms with Gasteiger partial charge in [0.1, 0.15) is 23.9 Å². The van der Waals surface area contributed by atoms with Gasteiger partial charge in [0.05, 0.1) is 6.04 Å². The molecule has 10 N–H and O–H groups in total. The molecule has 0 radical (unpaired) electrons. The minimum atomic E-state index is -1.18. The Bertz CT molecular complexity index is 1410. The third-order valence-electron chi connectivity index (χ3n) is 7.36. The van der Waals surface area contributed by atoms with E-state index in [1.807, 2.05) is 38.1 Å². The van der Waals surface area contributed by atoms with E-state index >= 15 is 0 Å². The first-order valence-corrected chi connectivity index (χ1v) is 14.9. The normalized spacial score (nSPS) is 14.0. The predicted molar refractivity (Wildman–Crippen MR) is 168 cm³/mol. The SMILES string of the molecule is CC(C)CC(NC(=O)C(Cc1ccc(O)cc1)NC(=O)C(CCCCN)NC(=O)C(N)Cc1c[nH]c2ccccc12)C(=O)O. The van der Waals surface area contributed by atoms with E-state index < -0.39 is 47.9 Å². The van der Waals surface area contributed by atoms with Gasteiger partial charge in [-0.25, -0.2) is 4.79 Å². The van der Waals surface area contributed by atoms with E-state index in [2.05, 4.69) is 20.9 Å². The topological polar surface area (TPSA) is 213 Å². The molecule has 0 spiro atoms. The van der Waals surface area contributed by atoms with Gasteiger partial charge in [0, 0.05) is 23.5 Å². The fourth-order valence-electron chi connectivity index (χ4n) is 4.99. The number of phenols is 1. The average molecular weight is 609 g/mol. The maximum absolute atomic E-state index is 13.6. The number of aromatic amines is 1. The minimum absolute atomic E-state index is 0.00265. The Labute approximate surface area is 257 Å². The molecule has 12 heteroatoms. The Hall–Kier alpha value is -4.42. The van der Waals surface area contributed by atoms with E-state index in [0.29, 0.717) is 24.9 Å². The molecule has 0 aliphatic heterocycles. The van der Waals surface area contributed by atoms with Gasteiger partial charge in [-0.05, 0) is 73.9 Å². The molecular formula is C32H44N6O6. The quantitative estimate of drug-likeness (QED) is 0.105. The number of phenolic OH excluding ortho intramolecular Hbond substituents is 1. The Morgan fingerprint density at radius 1 is 0.841 bits per heavy atom. The third-order valence-corrected chi connectivity index (χ3v) is 7.36. The molecule has 12 nitrogen and oxygen atoms in total. The maximum atomic E-state index is 13.6. The Kier molecular flexibility index (Phi) is 12.7. The van der Waals surface area contributed by atoms with Gasteiger partial charge in [-0.3, -0.25) is 14.4 Å². The van der Waals surface area contributed by atoms with Crippen molar-refractivity contribution in [3.8, 4) is 5.75 Å². The number of benzene rings is 2. The van der Waals surface area contributed by atoms with Crippen molar-refractivity contribution in [3.05, 3.63) is 65.9 Å². The number of fused-ring (bicyclic) bond motifs is 1. The van der Waals surface area contributed by atoms with Crippen molar-refractivity contribution in [2.24, 2.45) is 17.4 Å². The molecule has 0 aliphatic rings. The number of aromatic hydroxyl groups is 1. The van der Waals surface area contributed by atoms with Crippen LogP contribution in [-0.4, -0.2) is 69.6 Å². The van der Waals surface area contributed by atoms with Gasteiger partial charge in [-0.1, -0.05) is 44.2 Å². The molecule has 3 aromatic rings. The zero-order chi connectivity index (χ0) is 32.2. The number of unbranched alkanes of at least 4 members (excludes halogenated alkanes) is 1. The molecule has 3 amide bonds. The third kappa shape index (κ3) is 10.1. The van der Waals surface area contributed by atoms with Crippen molar-refractivity contribution >= 4 is 34.6 Å². The molecule has 4 atom stereocenters. The van der Waals surface area contributed by atoms with E-state index in [9.17, 15) is 29.4 Å². The van der Waals surface area contributed by atoms with Gasteiger partial charge < -0.3 is 42.6 Å². The predicted octanol–water partition coefficient (Wildman–Crippen LogP) is 1.70. The number of carboxylic acid groups (broad SMARTS) is 1. The summed E-state index contributed by atoms with van der Waals surface area (Å²) in [5.74, 6) is -2.96. The van der Waals surface area contributed by atoms with Crippen LogP contribution >= 0.6 is 0 Å². The number of nitrogens with one attached hydrogen (secondary N) is 4. The Balaban J connectivity index is 1.77. The highest BCUT2D eigenvalue weighted by molar-refractivity contribution is 5.94. The fraction of sp³-hybridized carbons (Fsp3) is 0.438. The first-order valence-electron chi connectivity index (χ1n) is 14.9. The summed E-state index contributed by atoms with van der Waals surface area (Å²) in [7, 11) is 0. The Morgan fingerprint density at radius 2 is 1.48 bits per heavy atom. The number of aromatic nitrogens is 1. The van der Waals surface area contributed by atoms with Crippen molar-refractivity contribution in [1.29, 1.82) is 0 Å². The minimum Gasteiger partial charge on any atom is -0.508 e. The summed E-state index contributed by atoms with van der Waals surface area (Å²) in [6, 6.07) is 9.52. The van der Waals surface area contributed by atoms with Gasteiger partial charge in [0.2, 0.25) is 17.7 Å². The van der Waals surface area contributed by atoms with Gasteiger partial charge >= 0.3 is 5.97 Å². The summed E-state index contributed by atoms with van der Waals surface area (Å²) >= 11 is 0. The molecule has 0 bridgehead atoms. The van der Waals surface area contributed by atoms with Crippen molar-refractivity contribution in [3.63, 3.8) is 0 Å². The highest BCUT2D eigenvalue weighted by atomic mass is 16.4. The molecule has 0 saturated heterocycles. The molecular weight excluding hydrogens is 564 g/mol. The summed E-state index contributed by atoms with van der Waals surface area (Å²) in [5.41, 5.74) is 14.3. The van der Waals surface area contributed by atoms with Gasteiger partial charge in [0.25, 0.3) is 0 Å². The molecule has 3 rings (SSSR count). The number of carboxylic acids is 1. The molecule has 4 unspecified atom stereocenters. The number of para-hydroxylation sites is 1. The molecule has 44 heavy (non-hydrogen) atoms. The second kappa shape index (κ2) is 16.4. The molecule has 238 valence electrons. The van der Waals surface area contributed by atoms with Crippen molar-refractivity contribution in [2.75, 3.05) is 6.54 Å². The average Bonchev–Trinajstić information content (AvgIpc) is 3.39. The fourth-order valence-corrected chi connectivity index (χ4v) is 4.99. The number of carbonyl (C=O) groups is 4. The van der Waals surface area contributed by atoms with Crippen LogP contribution in [-0.2, 0) is 32.0 Å². The summed E-state index contributed by atoms with van der Waals surface area (Å²) in [5, 5.41) is 28.3. The van der Waals surface area contributed by atoms with Gasteiger partial charge in [0.15, 0.2) is 0 Å². The summed E-state index contributed by atoms with van der Waals surface area (Å²) < 4.78 is 0. The van der Waals surface area contributed by atoms with Crippen LogP contribution in [0.25, 0.3) is 10.9 Å². The number of rotatable bonds is 17. The number of hydrogen-bond acceptors (Lipinski definition) is 7. The van der Waals surface area contributed by atoms with Crippen LogP contribution in [0.15, 0.2) is 54.7 Å².